The predicted octanol–water partition coefficient (Wildman–Crippen LogP) is 3.88. The van der Waals surface area contributed by atoms with E-state index in [0.717, 1.165) is 12.8 Å². The average molecular weight is 227 g/mol. The van der Waals surface area contributed by atoms with Crippen LogP contribution < -0.4 is 0 Å². The molecule has 0 amide bonds. The Kier molecular flexibility index (Phi) is 3.33. The molecular weight excluding hydrogens is 212 g/mol. The van der Waals surface area contributed by atoms with Crippen LogP contribution in [0.2, 0.25) is 0 Å². The van der Waals surface area contributed by atoms with Crippen molar-refractivity contribution >= 4 is 15.9 Å². The molecule has 0 aliphatic rings. The van der Waals surface area contributed by atoms with Gasteiger partial charge < -0.3 is 0 Å². The van der Waals surface area contributed by atoms with Crippen LogP contribution in [0.4, 0.5) is 0 Å². The van der Waals surface area contributed by atoms with Crippen molar-refractivity contribution in [3.63, 3.8) is 0 Å². The first kappa shape index (κ1) is 9.79. The predicted molar refractivity (Wildman–Crippen MR) is 57.6 cm³/mol. The van der Waals surface area contributed by atoms with Gasteiger partial charge in [-0.2, -0.15) is 0 Å². The third-order valence-corrected chi connectivity index (χ3v) is 2.87. The van der Waals surface area contributed by atoms with Gasteiger partial charge in [-0.25, -0.2) is 0 Å². The SMILES string of the molecule is CCc1cc(C)cc(Br)c1CC. The zero-order valence-corrected chi connectivity index (χ0v) is 9.53. The Balaban J connectivity index is 3.24. The summed E-state index contributed by atoms with van der Waals surface area (Å²) in [5, 5.41) is 0. The van der Waals surface area contributed by atoms with Crippen LogP contribution in [0.3, 0.4) is 0 Å². The molecule has 66 valence electrons. The Morgan fingerprint density at radius 3 is 2.33 bits per heavy atom. The lowest BCUT2D eigenvalue weighted by atomic mass is 10.0. The maximum Gasteiger partial charge on any atom is 0.0212 e. The molecule has 0 heterocycles. The third kappa shape index (κ3) is 1.89. The van der Waals surface area contributed by atoms with E-state index in [9.17, 15) is 0 Å². The molecule has 0 atom stereocenters. The van der Waals surface area contributed by atoms with Gasteiger partial charge in [0.15, 0.2) is 0 Å². The molecular formula is C11H15Br. The van der Waals surface area contributed by atoms with Crippen LogP contribution in [-0.4, -0.2) is 0 Å². The summed E-state index contributed by atoms with van der Waals surface area (Å²) in [6.45, 7) is 6.55. The molecule has 0 saturated heterocycles. The first-order valence-electron chi connectivity index (χ1n) is 4.47. The quantitative estimate of drug-likeness (QED) is 0.719. The molecule has 1 rings (SSSR count). The number of hydrogen-bond acceptors (Lipinski definition) is 0. The number of aryl methyl sites for hydroxylation is 2. The minimum Gasteiger partial charge on any atom is -0.0613 e. The van der Waals surface area contributed by atoms with Gasteiger partial charge in [0.05, 0.1) is 0 Å². The Labute approximate surface area is 83.1 Å². The summed E-state index contributed by atoms with van der Waals surface area (Å²) in [6, 6.07) is 4.47. The van der Waals surface area contributed by atoms with E-state index < -0.39 is 0 Å². The second-order valence-electron chi connectivity index (χ2n) is 3.09. The largest absolute Gasteiger partial charge is 0.0613 e. The van der Waals surface area contributed by atoms with Gasteiger partial charge in [0.1, 0.15) is 0 Å². The lowest BCUT2D eigenvalue weighted by Crippen LogP contribution is -1.93. The molecule has 0 nitrogen and oxygen atoms in total. The van der Waals surface area contributed by atoms with Crippen molar-refractivity contribution in [2.45, 2.75) is 33.6 Å². The smallest absolute Gasteiger partial charge is 0.0212 e. The van der Waals surface area contributed by atoms with Crippen molar-refractivity contribution in [2.75, 3.05) is 0 Å². The Morgan fingerprint density at radius 1 is 1.17 bits per heavy atom. The maximum absolute atomic E-state index is 3.60. The van der Waals surface area contributed by atoms with E-state index in [1.54, 1.807) is 0 Å². The van der Waals surface area contributed by atoms with Crippen LogP contribution in [0.25, 0.3) is 0 Å². The molecule has 0 unspecified atom stereocenters. The molecule has 12 heavy (non-hydrogen) atoms. The normalized spacial score (nSPS) is 10.3. The minimum absolute atomic E-state index is 1.12. The highest BCUT2D eigenvalue weighted by Gasteiger charge is 2.03. The third-order valence-electron chi connectivity index (χ3n) is 2.17. The van der Waals surface area contributed by atoms with Gasteiger partial charge in [-0.3, -0.25) is 0 Å². The van der Waals surface area contributed by atoms with Gasteiger partial charge in [-0.1, -0.05) is 35.8 Å². The van der Waals surface area contributed by atoms with Crippen molar-refractivity contribution in [2.24, 2.45) is 0 Å². The van der Waals surface area contributed by atoms with Crippen molar-refractivity contribution in [3.05, 3.63) is 33.3 Å². The fourth-order valence-corrected chi connectivity index (χ4v) is 2.45. The lowest BCUT2D eigenvalue weighted by Gasteiger charge is -2.09. The highest BCUT2D eigenvalue weighted by atomic mass is 79.9. The van der Waals surface area contributed by atoms with Crippen LogP contribution in [-0.2, 0) is 12.8 Å². The fraction of sp³-hybridized carbons (Fsp3) is 0.455. The monoisotopic (exact) mass is 226 g/mol. The average Bonchev–Trinajstić information content (AvgIpc) is 2.03. The van der Waals surface area contributed by atoms with Crippen LogP contribution in [0.15, 0.2) is 16.6 Å². The van der Waals surface area contributed by atoms with Crippen LogP contribution in [0.5, 0.6) is 0 Å². The number of benzene rings is 1. The van der Waals surface area contributed by atoms with Crippen LogP contribution >= 0.6 is 15.9 Å². The molecule has 1 aromatic carbocycles. The molecule has 1 aromatic rings. The summed E-state index contributed by atoms with van der Waals surface area (Å²) >= 11 is 3.60. The molecule has 0 bridgehead atoms. The second-order valence-corrected chi connectivity index (χ2v) is 3.95. The molecule has 0 radical (unpaired) electrons. The minimum atomic E-state index is 1.12. The molecule has 0 fully saturated rings. The van der Waals surface area contributed by atoms with E-state index in [-0.39, 0.29) is 0 Å². The topological polar surface area (TPSA) is 0 Å². The summed E-state index contributed by atoms with van der Waals surface area (Å²) in [6.07, 6.45) is 2.24. The van der Waals surface area contributed by atoms with Gasteiger partial charge in [-0.15, -0.1) is 0 Å². The van der Waals surface area contributed by atoms with Gasteiger partial charge in [0, 0.05) is 4.47 Å². The lowest BCUT2D eigenvalue weighted by molar-refractivity contribution is 1.02. The Bertz CT molecular complexity index is 277. The van der Waals surface area contributed by atoms with E-state index in [4.69, 9.17) is 0 Å². The zero-order chi connectivity index (χ0) is 9.14. The number of halogens is 1. The molecule has 0 spiro atoms. The summed E-state index contributed by atoms with van der Waals surface area (Å²) in [4.78, 5) is 0. The molecule has 0 aromatic heterocycles. The van der Waals surface area contributed by atoms with E-state index in [1.807, 2.05) is 0 Å². The molecule has 0 aliphatic heterocycles. The van der Waals surface area contributed by atoms with Gasteiger partial charge in [0.25, 0.3) is 0 Å². The van der Waals surface area contributed by atoms with Gasteiger partial charge in [0.2, 0.25) is 0 Å². The van der Waals surface area contributed by atoms with Crippen LogP contribution in [0.1, 0.15) is 30.5 Å². The highest BCUT2D eigenvalue weighted by Crippen LogP contribution is 2.23. The standard InChI is InChI=1S/C11H15Br/c1-4-9-6-8(3)7-11(12)10(9)5-2/h6-7H,4-5H2,1-3H3. The fourth-order valence-electron chi connectivity index (χ4n) is 1.56. The highest BCUT2D eigenvalue weighted by molar-refractivity contribution is 9.10. The Hall–Kier alpha value is -0.300. The summed E-state index contributed by atoms with van der Waals surface area (Å²) in [7, 11) is 0. The molecule has 0 aliphatic carbocycles. The molecule has 1 heteroatoms. The van der Waals surface area contributed by atoms with Crippen molar-refractivity contribution in [1.29, 1.82) is 0 Å². The van der Waals surface area contributed by atoms with Crippen LogP contribution in [0, 0.1) is 6.92 Å². The van der Waals surface area contributed by atoms with Crippen molar-refractivity contribution in [3.8, 4) is 0 Å². The van der Waals surface area contributed by atoms with Crippen molar-refractivity contribution in [1.82, 2.24) is 0 Å². The number of rotatable bonds is 2. The molecule has 0 saturated carbocycles. The van der Waals surface area contributed by atoms with Gasteiger partial charge in [-0.05, 0) is 42.5 Å². The van der Waals surface area contributed by atoms with Gasteiger partial charge >= 0.3 is 0 Å². The van der Waals surface area contributed by atoms with E-state index in [0.29, 0.717) is 0 Å². The summed E-state index contributed by atoms with van der Waals surface area (Å²) in [5.74, 6) is 0. The van der Waals surface area contributed by atoms with E-state index >= 15 is 0 Å². The first-order valence-corrected chi connectivity index (χ1v) is 5.26. The summed E-state index contributed by atoms with van der Waals surface area (Å²) in [5.41, 5.74) is 4.28. The first-order chi connectivity index (χ1) is 5.69. The van der Waals surface area contributed by atoms with E-state index in [1.165, 1.54) is 21.2 Å². The summed E-state index contributed by atoms with van der Waals surface area (Å²) < 4.78 is 1.27. The number of hydrogen-bond donors (Lipinski definition) is 0. The van der Waals surface area contributed by atoms with Crippen molar-refractivity contribution < 1.29 is 0 Å². The Morgan fingerprint density at radius 2 is 1.83 bits per heavy atom. The zero-order valence-electron chi connectivity index (χ0n) is 7.95. The second kappa shape index (κ2) is 4.08. The molecule has 0 N–H and O–H groups in total. The maximum atomic E-state index is 3.60. The van der Waals surface area contributed by atoms with E-state index in [2.05, 4.69) is 48.8 Å².